The SMILES string of the molecule is Cn1c(-c2ccccc2Cl)nc2c1CCNC2. The van der Waals surface area contributed by atoms with Crippen molar-refractivity contribution in [1.29, 1.82) is 0 Å². The Morgan fingerprint density at radius 2 is 2.18 bits per heavy atom. The molecule has 1 aliphatic rings. The van der Waals surface area contributed by atoms with E-state index in [4.69, 9.17) is 16.6 Å². The van der Waals surface area contributed by atoms with Crippen molar-refractivity contribution in [3.8, 4) is 11.4 Å². The van der Waals surface area contributed by atoms with Gasteiger partial charge < -0.3 is 9.88 Å². The van der Waals surface area contributed by atoms with Crippen LogP contribution in [-0.2, 0) is 20.0 Å². The molecule has 0 atom stereocenters. The van der Waals surface area contributed by atoms with Gasteiger partial charge in [-0.15, -0.1) is 0 Å². The number of hydrogen-bond donors (Lipinski definition) is 1. The molecule has 4 heteroatoms. The minimum atomic E-state index is 0.755. The largest absolute Gasteiger partial charge is 0.331 e. The van der Waals surface area contributed by atoms with Crippen LogP contribution in [0.15, 0.2) is 24.3 Å². The van der Waals surface area contributed by atoms with Gasteiger partial charge in [0.15, 0.2) is 0 Å². The van der Waals surface area contributed by atoms with Gasteiger partial charge in [-0.2, -0.15) is 0 Å². The molecule has 0 aliphatic carbocycles. The molecule has 2 heterocycles. The molecule has 0 radical (unpaired) electrons. The van der Waals surface area contributed by atoms with Crippen molar-refractivity contribution in [3.63, 3.8) is 0 Å². The second-order valence-corrected chi connectivity index (χ2v) is 4.70. The molecule has 0 saturated carbocycles. The summed E-state index contributed by atoms with van der Waals surface area (Å²) in [4.78, 5) is 4.70. The van der Waals surface area contributed by atoms with Crippen molar-refractivity contribution in [2.24, 2.45) is 7.05 Å². The van der Waals surface area contributed by atoms with Crippen LogP contribution in [0.25, 0.3) is 11.4 Å². The molecule has 88 valence electrons. The van der Waals surface area contributed by atoms with Crippen LogP contribution in [0.3, 0.4) is 0 Å². The number of nitrogens with one attached hydrogen (secondary N) is 1. The lowest BCUT2D eigenvalue weighted by Gasteiger charge is -2.13. The zero-order valence-electron chi connectivity index (χ0n) is 9.70. The molecular formula is C13H14ClN3. The lowest BCUT2D eigenvalue weighted by molar-refractivity contribution is 0.612. The van der Waals surface area contributed by atoms with Gasteiger partial charge in [-0.05, 0) is 12.1 Å². The number of halogens is 1. The number of imidazole rings is 1. The van der Waals surface area contributed by atoms with Gasteiger partial charge in [0.25, 0.3) is 0 Å². The molecule has 1 aromatic heterocycles. The van der Waals surface area contributed by atoms with Gasteiger partial charge in [-0.3, -0.25) is 0 Å². The Hall–Kier alpha value is -1.32. The summed E-state index contributed by atoms with van der Waals surface area (Å²) in [5, 5.41) is 4.09. The maximum Gasteiger partial charge on any atom is 0.141 e. The Labute approximate surface area is 105 Å². The predicted octanol–water partition coefficient (Wildman–Crippen LogP) is 2.39. The zero-order valence-corrected chi connectivity index (χ0v) is 10.5. The van der Waals surface area contributed by atoms with Crippen LogP contribution in [0.1, 0.15) is 11.4 Å². The standard InChI is InChI=1S/C13H14ClN3/c1-17-12-6-7-15-8-11(12)16-13(17)9-4-2-3-5-10(9)14/h2-5,15H,6-8H2,1H3. The second kappa shape index (κ2) is 4.17. The topological polar surface area (TPSA) is 29.9 Å². The third-order valence-electron chi connectivity index (χ3n) is 3.24. The first-order chi connectivity index (χ1) is 8.27. The lowest BCUT2D eigenvalue weighted by Crippen LogP contribution is -2.24. The highest BCUT2D eigenvalue weighted by Crippen LogP contribution is 2.28. The molecule has 3 nitrogen and oxygen atoms in total. The molecule has 17 heavy (non-hydrogen) atoms. The number of aromatic nitrogens is 2. The van der Waals surface area contributed by atoms with Crippen LogP contribution in [0.4, 0.5) is 0 Å². The average Bonchev–Trinajstić information content (AvgIpc) is 2.68. The van der Waals surface area contributed by atoms with Gasteiger partial charge in [0.1, 0.15) is 5.82 Å². The van der Waals surface area contributed by atoms with Gasteiger partial charge >= 0.3 is 0 Å². The van der Waals surface area contributed by atoms with Crippen LogP contribution < -0.4 is 5.32 Å². The molecule has 0 amide bonds. The summed E-state index contributed by atoms with van der Waals surface area (Å²) in [7, 11) is 2.07. The summed E-state index contributed by atoms with van der Waals surface area (Å²) in [5.41, 5.74) is 3.47. The normalized spacial score (nSPS) is 14.7. The van der Waals surface area contributed by atoms with Crippen LogP contribution in [0.5, 0.6) is 0 Å². The van der Waals surface area contributed by atoms with Crippen molar-refractivity contribution in [1.82, 2.24) is 14.9 Å². The molecule has 0 bridgehead atoms. The summed E-state index contributed by atoms with van der Waals surface area (Å²) >= 11 is 6.23. The van der Waals surface area contributed by atoms with E-state index in [0.29, 0.717) is 0 Å². The molecule has 1 aliphatic heterocycles. The summed E-state index contributed by atoms with van der Waals surface area (Å²) in [6.45, 7) is 1.88. The molecule has 0 spiro atoms. The van der Waals surface area contributed by atoms with E-state index in [-0.39, 0.29) is 0 Å². The van der Waals surface area contributed by atoms with Gasteiger partial charge in [-0.1, -0.05) is 23.7 Å². The first-order valence-electron chi connectivity index (χ1n) is 5.77. The van der Waals surface area contributed by atoms with Gasteiger partial charge in [0.05, 0.1) is 10.7 Å². The molecule has 1 aromatic carbocycles. The van der Waals surface area contributed by atoms with Crippen molar-refractivity contribution >= 4 is 11.6 Å². The Kier molecular flexibility index (Phi) is 2.65. The van der Waals surface area contributed by atoms with Crippen LogP contribution in [0.2, 0.25) is 5.02 Å². The number of fused-ring (bicyclic) bond motifs is 1. The molecule has 0 unspecified atom stereocenters. The quantitative estimate of drug-likeness (QED) is 0.839. The van der Waals surface area contributed by atoms with E-state index in [1.165, 1.54) is 5.69 Å². The second-order valence-electron chi connectivity index (χ2n) is 4.29. The fourth-order valence-electron chi connectivity index (χ4n) is 2.34. The van der Waals surface area contributed by atoms with Crippen molar-refractivity contribution in [3.05, 3.63) is 40.7 Å². The van der Waals surface area contributed by atoms with Gasteiger partial charge in [0.2, 0.25) is 0 Å². The van der Waals surface area contributed by atoms with Gasteiger partial charge in [-0.25, -0.2) is 4.98 Å². The van der Waals surface area contributed by atoms with Crippen molar-refractivity contribution in [2.75, 3.05) is 6.54 Å². The monoisotopic (exact) mass is 247 g/mol. The van der Waals surface area contributed by atoms with Crippen LogP contribution >= 0.6 is 11.6 Å². The minimum absolute atomic E-state index is 0.755. The summed E-state index contributed by atoms with van der Waals surface area (Å²) in [5.74, 6) is 0.962. The number of hydrogen-bond acceptors (Lipinski definition) is 2. The Morgan fingerprint density at radius 1 is 1.35 bits per heavy atom. The van der Waals surface area contributed by atoms with E-state index in [1.54, 1.807) is 0 Å². The fraction of sp³-hybridized carbons (Fsp3) is 0.308. The maximum atomic E-state index is 6.23. The van der Waals surface area contributed by atoms with E-state index in [9.17, 15) is 0 Å². The maximum absolute atomic E-state index is 6.23. The van der Waals surface area contributed by atoms with E-state index in [2.05, 4.69) is 16.9 Å². The first kappa shape index (κ1) is 10.8. The predicted molar refractivity (Wildman–Crippen MR) is 69.1 cm³/mol. The van der Waals surface area contributed by atoms with E-state index >= 15 is 0 Å². The highest BCUT2D eigenvalue weighted by molar-refractivity contribution is 6.33. The number of rotatable bonds is 1. The van der Waals surface area contributed by atoms with Crippen LogP contribution in [0, 0.1) is 0 Å². The van der Waals surface area contributed by atoms with Crippen molar-refractivity contribution in [2.45, 2.75) is 13.0 Å². The average molecular weight is 248 g/mol. The van der Waals surface area contributed by atoms with Crippen LogP contribution in [-0.4, -0.2) is 16.1 Å². The Balaban J connectivity index is 2.16. The first-order valence-corrected chi connectivity index (χ1v) is 6.15. The Morgan fingerprint density at radius 3 is 2.94 bits per heavy atom. The third kappa shape index (κ3) is 1.75. The molecule has 0 saturated heterocycles. The molecule has 3 rings (SSSR count). The highest BCUT2D eigenvalue weighted by atomic mass is 35.5. The molecular weight excluding hydrogens is 234 g/mol. The molecule has 2 aromatic rings. The van der Waals surface area contributed by atoms with E-state index in [0.717, 1.165) is 41.6 Å². The molecule has 0 fully saturated rings. The highest BCUT2D eigenvalue weighted by Gasteiger charge is 2.19. The number of nitrogens with zero attached hydrogens (tertiary/aromatic N) is 2. The zero-order chi connectivity index (χ0) is 11.8. The fourth-order valence-corrected chi connectivity index (χ4v) is 2.56. The summed E-state index contributed by atoms with van der Waals surface area (Å²) in [6, 6.07) is 7.86. The molecule has 1 N–H and O–H groups in total. The van der Waals surface area contributed by atoms with Gasteiger partial charge in [0, 0.05) is 37.8 Å². The lowest BCUT2D eigenvalue weighted by atomic mass is 10.2. The summed E-state index contributed by atoms with van der Waals surface area (Å²) in [6.07, 6.45) is 1.03. The van der Waals surface area contributed by atoms with E-state index in [1.807, 2.05) is 24.3 Å². The minimum Gasteiger partial charge on any atom is -0.331 e. The number of benzene rings is 1. The van der Waals surface area contributed by atoms with Crippen molar-refractivity contribution < 1.29 is 0 Å². The Bertz CT molecular complexity index is 560. The smallest absolute Gasteiger partial charge is 0.141 e. The third-order valence-corrected chi connectivity index (χ3v) is 3.57. The van der Waals surface area contributed by atoms with E-state index < -0.39 is 0 Å². The summed E-state index contributed by atoms with van der Waals surface area (Å²) < 4.78 is 2.16.